The Bertz CT molecular complexity index is 878. The summed E-state index contributed by atoms with van der Waals surface area (Å²) in [5.74, 6) is -0.776. The van der Waals surface area contributed by atoms with Gasteiger partial charge >= 0.3 is 5.97 Å². The summed E-state index contributed by atoms with van der Waals surface area (Å²) >= 11 is 0. The van der Waals surface area contributed by atoms with E-state index in [0.717, 1.165) is 6.08 Å². The lowest BCUT2D eigenvalue weighted by Crippen LogP contribution is -2.40. The first kappa shape index (κ1) is 15.7. The van der Waals surface area contributed by atoms with Crippen LogP contribution in [0.2, 0.25) is 0 Å². The van der Waals surface area contributed by atoms with E-state index >= 15 is 0 Å². The summed E-state index contributed by atoms with van der Waals surface area (Å²) in [4.78, 5) is 37.9. The van der Waals surface area contributed by atoms with Gasteiger partial charge in [-0.05, 0) is 31.2 Å². The van der Waals surface area contributed by atoms with Gasteiger partial charge in [-0.25, -0.2) is 4.79 Å². The van der Waals surface area contributed by atoms with E-state index in [1.165, 1.54) is 18.1 Å². The molecule has 0 N–H and O–H groups in total. The van der Waals surface area contributed by atoms with Crippen LogP contribution in [0.5, 0.6) is 11.5 Å². The van der Waals surface area contributed by atoms with Gasteiger partial charge in [-0.2, -0.15) is 0 Å². The Kier molecular flexibility index (Phi) is 3.81. The number of benzene rings is 2. The van der Waals surface area contributed by atoms with E-state index in [4.69, 9.17) is 9.47 Å². The molecule has 0 aliphatic carbocycles. The van der Waals surface area contributed by atoms with Crippen LogP contribution in [0.3, 0.4) is 0 Å². The summed E-state index contributed by atoms with van der Waals surface area (Å²) in [5.41, 5.74) is 0.748. The Balaban J connectivity index is 2.37. The number of esters is 1. The van der Waals surface area contributed by atoms with Gasteiger partial charge in [0.1, 0.15) is 11.5 Å². The maximum absolute atomic E-state index is 12.6. The predicted molar refractivity (Wildman–Crippen MR) is 87.4 cm³/mol. The van der Waals surface area contributed by atoms with Crippen molar-refractivity contribution in [2.24, 2.45) is 0 Å². The van der Waals surface area contributed by atoms with Crippen molar-refractivity contribution in [3.63, 3.8) is 0 Å². The molecule has 3 rings (SSSR count). The van der Waals surface area contributed by atoms with Crippen molar-refractivity contribution < 1.29 is 23.9 Å². The summed E-state index contributed by atoms with van der Waals surface area (Å²) in [5, 5.41) is 0.851. The number of ether oxygens (including phenoxy) is 2. The summed E-state index contributed by atoms with van der Waals surface area (Å²) in [6, 6.07) is 6.30. The third kappa shape index (κ3) is 2.15. The van der Waals surface area contributed by atoms with Gasteiger partial charge in [0.15, 0.2) is 0 Å². The first-order valence-corrected chi connectivity index (χ1v) is 7.37. The maximum Gasteiger partial charge on any atom is 0.335 e. The Hall–Kier alpha value is -3.15. The van der Waals surface area contributed by atoms with Gasteiger partial charge in [0, 0.05) is 29.1 Å². The molecule has 2 amide bonds. The molecule has 1 aliphatic rings. The minimum atomic E-state index is -0.638. The lowest BCUT2D eigenvalue weighted by atomic mass is 9.93. The number of rotatable bonds is 4. The molecule has 0 saturated carbocycles. The van der Waals surface area contributed by atoms with Crippen LogP contribution in [0.15, 0.2) is 36.9 Å². The molecule has 2 aromatic rings. The molecule has 0 fully saturated rings. The molecule has 0 bridgehead atoms. The molecular formula is C18H15NO5. The normalized spacial score (nSPS) is 13.2. The quantitative estimate of drug-likeness (QED) is 0.374. The van der Waals surface area contributed by atoms with E-state index < -0.39 is 5.97 Å². The molecule has 0 radical (unpaired) electrons. The fraction of sp³-hybridized carbons (Fsp3) is 0.167. The highest BCUT2D eigenvalue weighted by atomic mass is 16.5. The Morgan fingerprint density at radius 1 is 1.08 bits per heavy atom. The Morgan fingerprint density at radius 2 is 1.67 bits per heavy atom. The van der Waals surface area contributed by atoms with Crippen molar-refractivity contribution in [1.82, 2.24) is 4.90 Å². The molecule has 0 aromatic heterocycles. The van der Waals surface area contributed by atoms with Crippen LogP contribution >= 0.6 is 0 Å². The molecular weight excluding hydrogens is 310 g/mol. The topological polar surface area (TPSA) is 72.9 Å². The number of hydrogen-bond donors (Lipinski definition) is 0. The first-order chi connectivity index (χ1) is 11.5. The highest BCUT2D eigenvalue weighted by molar-refractivity contribution is 6.27. The molecule has 122 valence electrons. The van der Waals surface area contributed by atoms with Gasteiger partial charge < -0.3 is 9.47 Å². The van der Waals surface area contributed by atoms with E-state index in [0.29, 0.717) is 27.6 Å². The van der Waals surface area contributed by atoms with Crippen molar-refractivity contribution >= 4 is 28.6 Å². The monoisotopic (exact) mass is 325 g/mol. The van der Waals surface area contributed by atoms with Crippen molar-refractivity contribution in [3.05, 3.63) is 48.0 Å². The molecule has 24 heavy (non-hydrogen) atoms. The lowest BCUT2D eigenvalue weighted by molar-refractivity contribution is -0.128. The molecule has 0 spiro atoms. The van der Waals surface area contributed by atoms with Crippen LogP contribution < -0.4 is 9.47 Å². The number of imide groups is 1. The highest BCUT2D eigenvalue weighted by Gasteiger charge is 2.33. The molecule has 0 atom stereocenters. The number of nitrogens with zero attached hydrogens (tertiary/aromatic N) is 1. The zero-order chi connectivity index (χ0) is 17.4. The second-order valence-electron chi connectivity index (χ2n) is 5.16. The van der Waals surface area contributed by atoms with E-state index in [1.807, 2.05) is 0 Å². The number of carbonyl (C=O) groups is 3. The van der Waals surface area contributed by atoms with Crippen LogP contribution in [-0.4, -0.2) is 36.3 Å². The van der Waals surface area contributed by atoms with Crippen LogP contribution in [-0.2, 0) is 4.79 Å². The van der Waals surface area contributed by atoms with Crippen LogP contribution in [0.25, 0.3) is 10.8 Å². The number of hydrogen-bond acceptors (Lipinski definition) is 5. The summed E-state index contributed by atoms with van der Waals surface area (Å²) in [7, 11) is 1.47. The maximum atomic E-state index is 12.6. The smallest absolute Gasteiger partial charge is 0.335 e. The third-order valence-electron chi connectivity index (χ3n) is 3.95. The minimum absolute atomic E-state index is 0.211. The zero-order valence-electron chi connectivity index (χ0n) is 13.3. The average molecular weight is 325 g/mol. The average Bonchev–Trinajstić information content (AvgIpc) is 2.60. The first-order valence-electron chi connectivity index (χ1n) is 7.37. The van der Waals surface area contributed by atoms with Gasteiger partial charge in [-0.3, -0.25) is 14.5 Å². The van der Waals surface area contributed by atoms with Crippen molar-refractivity contribution in [3.8, 4) is 11.5 Å². The van der Waals surface area contributed by atoms with Gasteiger partial charge in [0.2, 0.25) is 0 Å². The van der Waals surface area contributed by atoms with Crippen LogP contribution in [0, 0.1) is 0 Å². The largest absolute Gasteiger partial charge is 0.496 e. The second-order valence-corrected chi connectivity index (χ2v) is 5.16. The molecule has 6 nitrogen and oxygen atoms in total. The van der Waals surface area contributed by atoms with E-state index in [9.17, 15) is 14.4 Å². The SMILES string of the molecule is C=CC(=O)Oc1ccc2c3c(ccc(OC)c13)C(=O)N(CC)C2=O. The Morgan fingerprint density at radius 3 is 2.17 bits per heavy atom. The number of amides is 2. The third-order valence-corrected chi connectivity index (χ3v) is 3.95. The summed E-state index contributed by atoms with van der Waals surface area (Å²) < 4.78 is 10.6. The highest BCUT2D eigenvalue weighted by Crippen LogP contribution is 2.41. The predicted octanol–water partition coefficient (Wildman–Crippen LogP) is 2.56. The summed E-state index contributed by atoms with van der Waals surface area (Å²) in [6.07, 6.45) is 1.04. The molecule has 1 aliphatic heterocycles. The van der Waals surface area contributed by atoms with Crippen molar-refractivity contribution in [2.45, 2.75) is 6.92 Å². The zero-order valence-corrected chi connectivity index (χ0v) is 13.3. The molecule has 0 unspecified atom stereocenters. The van der Waals surface area contributed by atoms with Crippen LogP contribution in [0.1, 0.15) is 27.6 Å². The van der Waals surface area contributed by atoms with Gasteiger partial charge in [0.25, 0.3) is 11.8 Å². The number of carbonyl (C=O) groups excluding carboxylic acids is 3. The minimum Gasteiger partial charge on any atom is -0.496 e. The molecule has 0 saturated heterocycles. The van der Waals surface area contributed by atoms with Gasteiger partial charge in [0.05, 0.1) is 12.5 Å². The second kappa shape index (κ2) is 5.81. The van der Waals surface area contributed by atoms with E-state index in [2.05, 4.69) is 6.58 Å². The summed E-state index contributed by atoms with van der Waals surface area (Å²) in [6.45, 7) is 5.38. The lowest BCUT2D eigenvalue weighted by Gasteiger charge is -2.27. The Labute approximate surface area is 138 Å². The van der Waals surface area contributed by atoms with E-state index in [1.54, 1.807) is 25.1 Å². The van der Waals surface area contributed by atoms with Crippen LogP contribution in [0.4, 0.5) is 0 Å². The fourth-order valence-corrected chi connectivity index (χ4v) is 2.87. The molecule has 6 heteroatoms. The van der Waals surface area contributed by atoms with Gasteiger partial charge in [-0.1, -0.05) is 6.58 Å². The standard InChI is InChI=1S/C18H15NO5/c1-4-14(20)24-13-9-7-11-15-10(6-8-12(23-3)16(13)15)17(21)19(5-2)18(11)22/h4,6-9H,1,5H2,2-3H3. The molecule has 1 heterocycles. The van der Waals surface area contributed by atoms with Crippen molar-refractivity contribution in [1.29, 1.82) is 0 Å². The van der Waals surface area contributed by atoms with Gasteiger partial charge in [-0.15, -0.1) is 0 Å². The fourth-order valence-electron chi connectivity index (χ4n) is 2.87. The molecule has 2 aromatic carbocycles. The number of methoxy groups -OCH3 is 1. The van der Waals surface area contributed by atoms with Crippen molar-refractivity contribution in [2.75, 3.05) is 13.7 Å². The van der Waals surface area contributed by atoms with E-state index in [-0.39, 0.29) is 24.1 Å².